The average molecular weight is 245 g/mol. The van der Waals surface area contributed by atoms with E-state index in [9.17, 15) is 4.79 Å². The number of carboxylic acids is 1. The average Bonchev–Trinajstić information content (AvgIpc) is 3.12. The third kappa shape index (κ3) is 1.92. The summed E-state index contributed by atoms with van der Waals surface area (Å²) in [5, 5.41) is 12.3. The van der Waals surface area contributed by atoms with Gasteiger partial charge in [-0.1, -0.05) is 0 Å². The Hall–Kier alpha value is -2.04. The maximum atomic E-state index is 10.9. The molecule has 0 aliphatic heterocycles. The first-order valence-electron chi connectivity index (χ1n) is 6.09. The van der Waals surface area contributed by atoms with Crippen molar-refractivity contribution in [3.63, 3.8) is 0 Å². The summed E-state index contributed by atoms with van der Waals surface area (Å²) < 4.78 is 1.96. The Morgan fingerprint density at radius 1 is 1.56 bits per heavy atom. The van der Waals surface area contributed by atoms with E-state index in [4.69, 9.17) is 5.11 Å². The molecule has 3 rings (SSSR count). The van der Waals surface area contributed by atoms with Crippen LogP contribution >= 0.6 is 0 Å². The summed E-state index contributed by atoms with van der Waals surface area (Å²) in [5.74, 6) is 0.661. The van der Waals surface area contributed by atoms with Gasteiger partial charge in [-0.25, -0.2) is 9.78 Å². The molecule has 0 spiro atoms. The molecule has 94 valence electrons. The summed E-state index contributed by atoms with van der Waals surface area (Å²) in [5.41, 5.74) is 1.93. The lowest BCUT2D eigenvalue weighted by molar-refractivity contribution is 0.0697. The van der Waals surface area contributed by atoms with Gasteiger partial charge in [0.2, 0.25) is 5.95 Å². The van der Waals surface area contributed by atoms with Crippen molar-refractivity contribution in [2.24, 2.45) is 13.0 Å². The quantitative estimate of drug-likeness (QED) is 0.865. The smallest absolute Gasteiger partial charge is 0.335 e. The minimum atomic E-state index is -0.921. The molecular weight excluding hydrogens is 230 g/mol. The molecule has 1 aromatic heterocycles. The molecule has 5 nitrogen and oxygen atoms in total. The van der Waals surface area contributed by atoms with Crippen LogP contribution in [0.15, 0.2) is 18.2 Å². The first-order valence-corrected chi connectivity index (χ1v) is 6.09. The molecule has 0 bridgehead atoms. The van der Waals surface area contributed by atoms with E-state index in [2.05, 4.69) is 10.3 Å². The van der Waals surface area contributed by atoms with E-state index in [-0.39, 0.29) is 5.56 Å². The summed E-state index contributed by atoms with van der Waals surface area (Å²) in [6.07, 6.45) is 2.58. The number of hydrogen-bond acceptors (Lipinski definition) is 3. The summed E-state index contributed by atoms with van der Waals surface area (Å²) in [6.45, 7) is 0.947. The molecule has 1 heterocycles. The molecule has 1 aromatic carbocycles. The molecule has 2 aromatic rings. The number of fused-ring (bicyclic) bond motifs is 1. The molecular formula is C13H15N3O2. The lowest BCUT2D eigenvalue weighted by Crippen LogP contribution is -2.07. The van der Waals surface area contributed by atoms with Crippen LogP contribution in [0.4, 0.5) is 5.95 Å². The van der Waals surface area contributed by atoms with Gasteiger partial charge in [-0.05, 0) is 37.0 Å². The standard InChI is InChI=1S/C13H15N3O2/c1-16-11-5-4-9(12(17)18)6-10(11)15-13(16)14-7-8-2-3-8/h4-6,8H,2-3,7H2,1H3,(H,14,15)(H,17,18). The number of carbonyl (C=O) groups is 1. The molecule has 0 atom stereocenters. The van der Waals surface area contributed by atoms with Crippen molar-refractivity contribution in [1.82, 2.24) is 9.55 Å². The molecule has 0 radical (unpaired) electrons. The Balaban J connectivity index is 1.94. The predicted molar refractivity (Wildman–Crippen MR) is 68.9 cm³/mol. The van der Waals surface area contributed by atoms with Crippen LogP contribution in [-0.2, 0) is 7.05 Å². The number of hydrogen-bond donors (Lipinski definition) is 2. The second-order valence-corrected chi connectivity index (χ2v) is 4.83. The maximum Gasteiger partial charge on any atom is 0.335 e. The first kappa shape index (κ1) is 11.1. The molecule has 0 saturated heterocycles. The maximum absolute atomic E-state index is 10.9. The zero-order valence-electron chi connectivity index (χ0n) is 10.2. The number of nitrogens with zero attached hydrogens (tertiary/aromatic N) is 2. The lowest BCUT2D eigenvalue weighted by Gasteiger charge is -2.04. The van der Waals surface area contributed by atoms with Crippen LogP contribution in [0.25, 0.3) is 11.0 Å². The van der Waals surface area contributed by atoms with E-state index in [1.54, 1.807) is 18.2 Å². The van der Waals surface area contributed by atoms with Crippen LogP contribution < -0.4 is 5.32 Å². The number of rotatable bonds is 4. The molecule has 2 N–H and O–H groups in total. The van der Waals surface area contributed by atoms with E-state index in [0.29, 0.717) is 0 Å². The van der Waals surface area contributed by atoms with Crippen molar-refractivity contribution in [3.8, 4) is 0 Å². The largest absolute Gasteiger partial charge is 0.478 e. The Kier molecular flexibility index (Phi) is 2.47. The summed E-state index contributed by atoms with van der Waals surface area (Å²) in [7, 11) is 1.94. The second-order valence-electron chi connectivity index (χ2n) is 4.83. The minimum absolute atomic E-state index is 0.273. The van der Waals surface area contributed by atoms with E-state index < -0.39 is 5.97 Å². The Morgan fingerprint density at radius 2 is 2.33 bits per heavy atom. The predicted octanol–water partition coefficient (Wildman–Crippen LogP) is 2.09. The number of aromatic carboxylic acids is 1. The normalized spacial score (nSPS) is 14.9. The zero-order chi connectivity index (χ0) is 12.7. The second kappa shape index (κ2) is 4.01. The van der Waals surface area contributed by atoms with Crippen molar-refractivity contribution in [3.05, 3.63) is 23.8 Å². The van der Waals surface area contributed by atoms with Crippen molar-refractivity contribution < 1.29 is 9.90 Å². The van der Waals surface area contributed by atoms with Crippen molar-refractivity contribution in [2.75, 3.05) is 11.9 Å². The molecule has 1 fully saturated rings. The van der Waals surface area contributed by atoms with E-state index >= 15 is 0 Å². The van der Waals surface area contributed by atoms with Gasteiger partial charge in [-0.2, -0.15) is 0 Å². The minimum Gasteiger partial charge on any atom is -0.478 e. The van der Waals surface area contributed by atoms with Gasteiger partial charge < -0.3 is 15.0 Å². The summed E-state index contributed by atoms with van der Waals surface area (Å²) in [4.78, 5) is 15.4. The first-order chi connectivity index (χ1) is 8.65. The van der Waals surface area contributed by atoms with Gasteiger partial charge in [-0.15, -0.1) is 0 Å². The van der Waals surface area contributed by atoms with Crippen LogP contribution in [0.3, 0.4) is 0 Å². The van der Waals surface area contributed by atoms with Gasteiger partial charge in [0, 0.05) is 13.6 Å². The summed E-state index contributed by atoms with van der Waals surface area (Å²) >= 11 is 0. The highest BCUT2D eigenvalue weighted by molar-refractivity contribution is 5.92. The van der Waals surface area contributed by atoms with Crippen LogP contribution in [0.5, 0.6) is 0 Å². The molecule has 1 aliphatic rings. The number of benzene rings is 1. The van der Waals surface area contributed by atoms with E-state index in [1.807, 2.05) is 11.6 Å². The van der Waals surface area contributed by atoms with Gasteiger partial charge in [0.15, 0.2) is 0 Å². The molecule has 18 heavy (non-hydrogen) atoms. The molecule has 5 heteroatoms. The van der Waals surface area contributed by atoms with E-state index in [1.165, 1.54) is 12.8 Å². The Bertz CT molecular complexity index is 614. The SMILES string of the molecule is Cn1c(NCC2CC2)nc2cc(C(=O)O)ccc21. The third-order valence-corrected chi connectivity index (χ3v) is 3.37. The van der Waals surface area contributed by atoms with Crippen molar-refractivity contribution in [2.45, 2.75) is 12.8 Å². The highest BCUT2D eigenvalue weighted by Gasteiger charge is 2.21. The third-order valence-electron chi connectivity index (χ3n) is 3.37. The van der Waals surface area contributed by atoms with Crippen molar-refractivity contribution in [1.29, 1.82) is 0 Å². The molecule has 0 unspecified atom stereocenters. The van der Waals surface area contributed by atoms with Crippen LogP contribution in [0.2, 0.25) is 0 Å². The van der Waals surface area contributed by atoms with Gasteiger partial charge in [0.1, 0.15) is 0 Å². The summed E-state index contributed by atoms with van der Waals surface area (Å²) in [6, 6.07) is 5.02. The number of aromatic nitrogens is 2. The molecule has 1 saturated carbocycles. The fourth-order valence-corrected chi connectivity index (χ4v) is 2.05. The van der Waals surface area contributed by atoms with Gasteiger partial charge >= 0.3 is 5.97 Å². The number of carboxylic acid groups (broad SMARTS) is 1. The van der Waals surface area contributed by atoms with Crippen LogP contribution in [0, 0.1) is 5.92 Å². The fourth-order valence-electron chi connectivity index (χ4n) is 2.05. The van der Waals surface area contributed by atoms with Gasteiger partial charge in [-0.3, -0.25) is 0 Å². The number of nitrogens with one attached hydrogen (secondary N) is 1. The Morgan fingerprint density at radius 3 is 3.00 bits per heavy atom. The number of imidazole rings is 1. The van der Waals surface area contributed by atoms with Crippen LogP contribution in [-0.4, -0.2) is 27.2 Å². The van der Waals surface area contributed by atoms with Gasteiger partial charge in [0.25, 0.3) is 0 Å². The van der Waals surface area contributed by atoms with Crippen molar-refractivity contribution >= 4 is 23.0 Å². The topological polar surface area (TPSA) is 67.2 Å². The number of aryl methyl sites for hydroxylation is 1. The van der Waals surface area contributed by atoms with E-state index in [0.717, 1.165) is 29.4 Å². The number of anilines is 1. The van der Waals surface area contributed by atoms with Crippen LogP contribution in [0.1, 0.15) is 23.2 Å². The monoisotopic (exact) mass is 245 g/mol. The molecule has 0 amide bonds. The highest BCUT2D eigenvalue weighted by atomic mass is 16.4. The molecule has 1 aliphatic carbocycles. The lowest BCUT2D eigenvalue weighted by atomic mass is 10.2. The van der Waals surface area contributed by atoms with Gasteiger partial charge in [0.05, 0.1) is 16.6 Å². The zero-order valence-corrected chi connectivity index (χ0v) is 10.2. The Labute approximate surface area is 104 Å². The highest BCUT2D eigenvalue weighted by Crippen LogP contribution is 2.29. The fraction of sp³-hybridized carbons (Fsp3) is 0.385.